The van der Waals surface area contributed by atoms with Crippen molar-refractivity contribution in [1.82, 2.24) is 0 Å². The Kier molecular flexibility index (Phi) is 11.1. The highest BCUT2D eigenvalue weighted by Gasteiger charge is 2.10. The van der Waals surface area contributed by atoms with Crippen LogP contribution in [0.5, 0.6) is 0 Å². The Bertz CT molecular complexity index is 572. The molecule has 1 rings (SSSR count). The molecule has 25 heavy (non-hydrogen) atoms. The third-order valence-corrected chi connectivity index (χ3v) is 6.23. The van der Waals surface area contributed by atoms with E-state index in [1.807, 2.05) is 0 Å². The van der Waals surface area contributed by atoms with E-state index in [-0.39, 0.29) is 0 Å². The molecule has 0 aliphatic rings. The lowest BCUT2D eigenvalue weighted by atomic mass is 9.95. The summed E-state index contributed by atoms with van der Waals surface area (Å²) in [5, 5.41) is 0. The van der Waals surface area contributed by atoms with Crippen LogP contribution in [0.4, 0.5) is 0 Å². The van der Waals surface area contributed by atoms with Crippen LogP contribution in [0.1, 0.15) is 81.9 Å². The van der Waals surface area contributed by atoms with Crippen molar-refractivity contribution >= 4 is 30.7 Å². The van der Waals surface area contributed by atoms with Crippen molar-refractivity contribution in [3.63, 3.8) is 0 Å². The average molecular weight is 469 g/mol. The molecule has 0 atom stereocenters. The Hall–Kier alpha value is -0.273. The van der Waals surface area contributed by atoms with Gasteiger partial charge >= 0.3 is 0 Å². The second kappa shape index (κ2) is 12.2. The van der Waals surface area contributed by atoms with Crippen LogP contribution in [-0.4, -0.2) is 8.07 Å². The molecule has 1 aromatic rings. The molecule has 0 radical (unpaired) electrons. The summed E-state index contributed by atoms with van der Waals surface area (Å²) in [4.78, 5) is 0. The number of halogens is 1. The zero-order valence-corrected chi connectivity index (χ0v) is 20.3. The summed E-state index contributed by atoms with van der Waals surface area (Å²) >= 11 is 2.49. The van der Waals surface area contributed by atoms with Gasteiger partial charge in [-0.25, -0.2) is 0 Å². The Morgan fingerprint density at radius 1 is 0.800 bits per heavy atom. The van der Waals surface area contributed by atoms with Gasteiger partial charge in [0.15, 0.2) is 0 Å². The fourth-order valence-electron chi connectivity index (χ4n) is 2.96. The maximum absolute atomic E-state index is 3.55. The van der Waals surface area contributed by atoms with Gasteiger partial charge in [-0.3, -0.25) is 0 Å². The summed E-state index contributed by atoms with van der Waals surface area (Å²) in [6.45, 7) is 11.5. The number of hydrogen-bond donors (Lipinski definition) is 0. The first kappa shape index (κ1) is 22.8. The lowest BCUT2D eigenvalue weighted by molar-refractivity contribution is 0.650. The lowest BCUT2D eigenvalue weighted by Gasteiger charge is -2.13. The van der Waals surface area contributed by atoms with E-state index in [2.05, 4.69) is 79.7 Å². The van der Waals surface area contributed by atoms with Crippen molar-refractivity contribution in [1.29, 1.82) is 0 Å². The summed E-state index contributed by atoms with van der Waals surface area (Å²) in [5.74, 6) is 3.50. The molecule has 0 nitrogen and oxygen atoms in total. The Balaban J connectivity index is 2.95. The van der Waals surface area contributed by atoms with Crippen LogP contribution in [0.2, 0.25) is 19.6 Å². The Morgan fingerprint density at radius 3 is 1.80 bits per heavy atom. The van der Waals surface area contributed by atoms with Crippen LogP contribution in [0.25, 0.3) is 0 Å². The van der Waals surface area contributed by atoms with Gasteiger partial charge in [0.25, 0.3) is 0 Å². The van der Waals surface area contributed by atoms with Gasteiger partial charge in [-0.1, -0.05) is 77.9 Å². The van der Waals surface area contributed by atoms with E-state index in [9.17, 15) is 0 Å². The van der Waals surface area contributed by atoms with Gasteiger partial charge in [-0.05, 0) is 71.5 Å². The monoisotopic (exact) mass is 468 g/mol. The number of aryl methyl sites for hydroxylation is 2. The molecule has 0 bridgehead atoms. The smallest absolute Gasteiger partial charge is 0.127 e. The van der Waals surface area contributed by atoms with Gasteiger partial charge in [0.1, 0.15) is 8.07 Å². The Labute approximate surface area is 171 Å². The molecule has 1 aromatic carbocycles. The first-order valence-electron chi connectivity index (χ1n) is 10.2. The minimum atomic E-state index is -1.32. The van der Waals surface area contributed by atoms with Gasteiger partial charge in [-0.2, -0.15) is 0 Å². The zero-order valence-electron chi connectivity index (χ0n) is 17.1. The zero-order chi connectivity index (χ0) is 18.7. The van der Waals surface area contributed by atoms with Crippen LogP contribution in [0.15, 0.2) is 12.1 Å². The predicted octanol–water partition coefficient (Wildman–Crippen LogP) is 7.77. The number of hydrogen-bond acceptors (Lipinski definition) is 0. The maximum atomic E-state index is 3.55. The summed E-state index contributed by atoms with van der Waals surface area (Å²) in [5.41, 5.74) is 7.94. The van der Waals surface area contributed by atoms with Gasteiger partial charge in [0.05, 0.1) is 0 Å². The van der Waals surface area contributed by atoms with Crippen LogP contribution >= 0.6 is 22.6 Å². The number of benzene rings is 1. The molecule has 0 unspecified atom stereocenters. The predicted molar refractivity (Wildman–Crippen MR) is 125 cm³/mol. The van der Waals surface area contributed by atoms with Crippen LogP contribution in [0, 0.1) is 15.0 Å². The SMILES string of the molecule is CCCCCCc1cc(I)c(C#C[Si](C)(C)C)cc1CCCCCC. The lowest BCUT2D eigenvalue weighted by Crippen LogP contribution is -2.16. The van der Waals surface area contributed by atoms with Crippen molar-refractivity contribution in [3.05, 3.63) is 32.4 Å². The van der Waals surface area contributed by atoms with E-state index in [1.165, 1.54) is 73.3 Å². The largest absolute Gasteiger partial charge is 0.129 e. The van der Waals surface area contributed by atoms with Crippen molar-refractivity contribution < 1.29 is 0 Å². The topological polar surface area (TPSA) is 0 Å². The van der Waals surface area contributed by atoms with Crippen molar-refractivity contribution in [2.24, 2.45) is 0 Å². The third kappa shape index (κ3) is 9.85. The normalized spacial score (nSPS) is 11.3. The second-order valence-corrected chi connectivity index (χ2v) is 14.1. The third-order valence-electron chi connectivity index (χ3n) is 4.46. The fourth-order valence-corrected chi connectivity index (χ4v) is 4.14. The molecule has 0 fully saturated rings. The molecular formula is C23H37ISi. The van der Waals surface area contributed by atoms with Crippen LogP contribution in [0.3, 0.4) is 0 Å². The minimum absolute atomic E-state index is 1.22. The summed E-state index contributed by atoms with van der Waals surface area (Å²) in [7, 11) is -1.32. The van der Waals surface area contributed by atoms with Crippen molar-refractivity contribution in [2.75, 3.05) is 0 Å². The maximum Gasteiger partial charge on any atom is 0.129 e. The molecule has 0 amide bonds. The molecule has 0 heterocycles. The summed E-state index contributed by atoms with van der Waals surface area (Å²) < 4.78 is 1.34. The highest BCUT2D eigenvalue weighted by Crippen LogP contribution is 2.23. The average Bonchev–Trinajstić information content (AvgIpc) is 2.55. The van der Waals surface area contributed by atoms with Gasteiger partial charge in [0, 0.05) is 9.13 Å². The second-order valence-electron chi connectivity index (χ2n) is 8.22. The van der Waals surface area contributed by atoms with Crippen LogP contribution < -0.4 is 0 Å². The van der Waals surface area contributed by atoms with Crippen molar-refractivity contribution in [3.8, 4) is 11.5 Å². The van der Waals surface area contributed by atoms with Crippen molar-refractivity contribution in [2.45, 2.75) is 97.7 Å². The number of unbranched alkanes of at least 4 members (excludes halogenated alkanes) is 6. The van der Waals surface area contributed by atoms with Gasteiger partial charge in [0.2, 0.25) is 0 Å². The summed E-state index contributed by atoms with van der Waals surface area (Å²) in [6, 6.07) is 4.84. The van der Waals surface area contributed by atoms with E-state index in [0.29, 0.717) is 0 Å². The Morgan fingerprint density at radius 2 is 1.32 bits per heavy atom. The molecule has 0 aliphatic carbocycles. The van der Waals surface area contributed by atoms with E-state index in [0.717, 1.165) is 0 Å². The fraction of sp³-hybridized carbons (Fsp3) is 0.652. The highest BCUT2D eigenvalue weighted by atomic mass is 127. The minimum Gasteiger partial charge on any atom is -0.127 e. The standard InChI is InChI=1S/C23H37ISi/c1-6-8-10-12-14-20-18-22(16-17-25(3,4)5)23(24)19-21(20)15-13-11-9-7-2/h18-19H,6-15H2,1-5H3. The van der Waals surface area contributed by atoms with E-state index < -0.39 is 8.07 Å². The molecule has 0 saturated carbocycles. The summed E-state index contributed by atoms with van der Waals surface area (Å²) in [6.07, 6.45) is 13.2. The van der Waals surface area contributed by atoms with Gasteiger partial charge in [-0.15, -0.1) is 5.54 Å². The van der Waals surface area contributed by atoms with E-state index in [1.54, 1.807) is 11.1 Å². The van der Waals surface area contributed by atoms with Gasteiger partial charge < -0.3 is 0 Å². The molecule has 0 N–H and O–H groups in total. The molecule has 140 valence electrons. The molecule has 2 heteroatoms. The van der Waals surface area contributed by atoms with E-state index in [4.69, 9.17) is 0 Å². The first-order valence-corrected chi connectivity index (χ1v) is 14.8. The molecular weight excluding hydrogens is 431 g/mol. The molecule has 0 aliphatic heterocycles. The first-order chi connectivity index (χ1) is 11.9. The highest BCUT2D eigenvalue weighted by molar-refractivity contribution is 14.1. The van der Waals surface area contributed by atoms with Crippen LogP contribution in [-0.2, 0) is 12.8 Å². The molecule has 0 spiro atoms. The number of rotatable bonds is 10. The molecule has 0 aromatic heterocycles. The quantitative estimate of drug-likeness (QED) is 0.142. The molecule has 0 saturated heterocycles. The van der Waals surface area contributed by atoms with E-state index >= 15 is 0 Å².